The molecule has 168 valence electrons. The maximum Gasteiger partial charge on any atom is 0.243 e. The van der Waals surface area contributed by atoms with Crippen LogP contribution in [0.2, 0.25) is 0 Å². The van der Waals surface area contributed by atoms with Crippen molar-refractivity contribution in [3.05, 3.63) is 66.0 Å². The molecular formula is C21H21FN4O3S3. The number of carbonyl (C=O) groups is 1. The third-order valence-corrected chi connectivity index (χ3v) is 9.07. The summed E-state index contributed by atoms with van der Waals surface area (Å²) in [6.07, 6.45) is 0.807. The molecule has 1 saturated heterocycles. The molecule has 1 N–H and O–H groups in total. The lowest BCUT2D eigenvalue weighted by Gasteiger charge is -2.30. The van der Waals surface area contributed by atoms with Gasteiger partial charge in [-0.2, -0.15) is 4.31 Å². The van der Waals surface area contributed by atoms with Crippen LogP contribution < -0.4 is 5.32 Å². The van der Waals surface area contributed by atoms with Gasteiger partial charge in [0.15, 0.2) is 4.34 Å². The van der Waals surface area contributed by atoms with Crippen LogP contribution in [0.15, 0.2) is 63.8 Å². The lowest BCUT2D eigenvalue weighted by atomic mass is 9.97. The number of amides is 1. The van der Waals surface area contributed by atoms with Crippen LogP contribution in [0.3, 0.4) is 0 Å². The predicted octanol–water partition coefficient (Wildman–Crippen LogP) is 4.01. The second kappa shape index (κ2) is 10.1. The van der Waals surface area contributed by atoms with Gasteiger partial charge in [-0.3, -0.25) is 4.79 Å². The fraction of sp³-hybridized carbons (Fsp3) is 0.286. The fourth-order valence-corrected chi connectivity index (χ4v) is 6.54. The maximum atomic E-state index is 13.1. The van der Waals surface area contributed by atoms with Crippen molar-refractivity contribution in [2.24, 2.45) is 5.92 Å². The second-order valence-electron chi connectivity index (χ2n) is 7.27. The molecule has 7 nitrogen and oxygen atoms in total. The zero-order valence-electron chi connectivity index (χ0n) is 17.0. The molecule has 32 heavy (non-hydrogen) atoms. The molecule has 4 rings (SSSR count). The van der Waals surface area contributed by atoms with Gasteiger partial charge in [-0.25, -0.2) is 12.8 Å². The number of halogens is 1. The molecule has 0 spiro atoms. The summed E-state index contributed by atoms with van der Waals surface area (Å²) in [5.41, 5.74) is 1.18. The Morgan fingerprint density at radius 1 is 1.09 bits per heavy atom. The van der Waals surface area contributed by atoms with Crippen molar-refractivity contribution < 1.29 is 17.6 Å². The summed E-state index contributed by atoms with van der Waals surface area (Å²) < 4.78 is 40.6. The van der Waals surface area contributed by atoms with Gasteiger partial charge < -0.3 is 5.32 Å². The third-order valence-electron chi connectivity index (χ3n) is 5.12. The van der Waals surface area contributed by atoms with E-state index in [9.17, 15) is 17.6 Å². The number of carbonyl (C=O) groups excluding carboxylic acids is 1. The van der Waals surface area contributed by atoms with E-state index in [0.717, 1.165) is 22.2 Å². The van der Waals surface area contributed by atoms with Crippen LogP contribution in [-0.2, 0) is 20.6 Å². The Labute approximate surface area is 194 Å². The molecule has 0 unspecified atom stereocenters. The maximum absolute atomic E-state index is 13.1. The number of hydrogen-bond donors (Lipinski definition) is 1. The van der Waals surface area contributed by atoms with E-state index in [2.05, 4.69) is 15.5 Å². The summed E-state index contributed by atoms with van der Waals surface area (Å²) >= 11 is 2.88. The monoisotopic (exact) mass is 492 g/mol. The summed E-state index contributed by atoms with van der Waals surface area (Å²) in [4.78, 5) is 12.7. The van der Waals surface area contributed by atoms with Gasteiger partial charge in [-0.1, -0.05) is 53.4 Å². The summed E-state index contributed by atoms with van der Waals surface area (Å²) in [6.45, 7) is 0.457. The zero-order valence-corrected chi connectivity index (χ0v) is 19.4. The number of nitrogens with zero attached hydrogens (tertiary/aromatic N) is 3. The number of rotatable bonds is 7. The number of thioether (sulfide) groups is 1. The van der Waals surface area contributed by atoms with E-state index in [1.165, 1.54) is 33.3 Å². The third kappa shape index (κ3) is 5.52. The Balaban J connectivity index is 1.28. The quantitative estimate of drug-likeness (QED) is 0.396. The first kappa shape index (κ1) is 22.8. The van der Waals surface area contributed by atoms with Gasteiger partial charge in [-0.15, -0.1) is 10.2 Å². The van der Waals surface area contributed by atoms with Crippen molar-refractivity contribution in [1.29, 1.82) is 0 Å². The first-order chi connectivity index (χ1) is 15.4. The van der Waals surface area contributed by atoms with Gasteiger partial charge in [-0.05, 0) is 42.7 Å². The standard InChI is InChI=1S/C21H21FN4O3S3/c22-17-6-8-18(9-7-17)32(28,29)26-12-10-16(11-13-26)19(27)23-20-24-25-21(31-20)30-14-15-4-2-1-3-5-15/h1-9,16H,10-14H2,(H,23,24,27). The predicted molar refractivity (Wildman–Crippen MR) is 122 cm³/mol. The highest BCUT2D eigenvalue weighted by Gasteiger charge is 2.32. The number of hydrogen-bond acceptors (Lipinski definition) is 7. The molecular weight excluding hydrogens is 471 g/mol. The molecule has 3 aromatic rings. The van der Waals surface area contributed by atoms with E-state index in [1.807, 2.05) is 30.3 Å². The first-order valence-corrected chi connectivity index (χ1v) is 13.2. The lowest BCUT2D eigenvalue weighted by molar-refractivity contribution is -0.120. The van der Waals surface area contributed by atoms with Crippen LogP contribution in [0.1, 0.15) is 18.4 Å². The molecule has 2 heterocycles. The van der Waals surface area contributed by atoms with Crippen LogP contribution in [0.4, 0.5) is 9.52 Å². The van der Waals surface area contributed by atoms with Gasteiger partial charge in [0, 0.05) is 24.8 Å². The molecule has 0 aliphatic carbocycles. The van der Waals surface area contributed by atoms with E-state index in [0.29, 0.717) is 18.0 Å². The van der Waals surface area contributed by atoms with Crippen molar-refractivity contribution in [3.63, 3.8) is 0 Å². The summed E-state index contributed by atoms with van der Waals surface area (Å²) in [7, 11) is -3.70. The summed E-state index contributed by atoms with van der Waals surface area (Å²) in [5.74, 6) is -0.207. The molecule has 1 aromatic heterocycles. The lowest BCUT2D eigenvalue weighted by Crippen LogP contribution is -2.41. The van der Waals surface area contributed by atoms with Crippen molar-refractivity contribution in [3.8, 4) is 0 Å². The molecule has 2 aromatic carbocycles. The topological polar surface area (TPSA) is 92.3 Å². The number of sulfonamides is 1. The highest BCUT2D eigenvalue weighted by atomic mass is 32.2. The molecule has 0 saturated carbocycles. The van der Waals surface area contributed by atoms with Gasteiger partial charge in [0.2, 0.25) is 21.1 Å². The Bertz CT molecular complexity index is 1160. The molecule has 0 bridgehead atoms. The van der Waals surface area contributed by atoms with Crippen molar-refractivity contribution in [1.82, 2.24) is 14.5 Å². The first-order valence-electron chi connectivity index (χ1n) is 9.98. The Morgan fingerprint density at radius 3 is 2.47 bits per heavy atom. The SMILES string of the molecule is O=C(Nc1nnc(SCc2ccccc2)s1)C1CCN(S(=O)(=O)c2ccc(F)cc2)CC1. The molecule has 1 aliphatic rings. The van der Waals surface area contributed by atoms with E-state index in [1.54, 1.807) is 11.8 Å². The normalized spacial score (nSPS) is 15.5. The number of nitrogens with one attached hydrogen (secondary N) is 1. The van der Waals surface area contributed by atoms with Crippen LogP contribution in [-0.4, -0.2) is 41.9 Å². The second-order valence-corrected chi connectivity index (χ2v) is 11.4. The number of anilines is 1. The van der Waals surface area contributed by atoms with E-state index in [4.69, 9.17) is 0 Å². The molecule has 0 radical (unpaired) electrons. The smallest absolute Gasteiger partial charge is 0.243 e. The minimum atomic E-state index is -3.70. The number of aromatic nitrogens is 2. The highest BCUT2D eigenvalue weighted by molar-refractivity contribution is 8.00. The highest BCUT2D eigenvalue weighted by Crippen LogP contribution is 2.30. The minimum absolute atomic E-state index is 0.0520. The zero-order chi connectivity index (χ0) is 22.6. The van der Waals surface area contributed by atoms with Gasteiger partial charge >= 0.3 is 0 Å². The molecule has 1 fully saturated rings. The van der Waals surface area contributed by atoms with E-state index >= 15 is 0 Å². The van der Waals surface area contributed by atoms with Crippen LogP contribution >= 0.6 is 23.1 Å². The number of benzene rings is 2. The Hall–Kier alpha value is -2.34. The van der Waals surface area contributed by atoms with Crippen LogP contribution in [0, 0.1) is 11.7 Å². The van der Waals surface area contributed by atoms with Crippen molar-refractivity contribution in [2.75, 3.05) is 18.4 Å². The van der Waals surface area contributed by atoms with Crippen LogP contribution in [0.25, 0.3) is 0 Å². The minimum Gasteiger partial charge on any atom is -0.300 e. The average Bonchev–Trinajstić information content (AvgIpc) is 3.26. The van der Waals surface area contributed by atoms with Crippen LogP contribution in [0.5, 0.6) is 0 Å². The number of piperidine rings is 1. The molecule has 1 aliphatic heterocycles. The Kier molecular flexibility index (Phi) is 7.19. The van der Waals surface area contributed by atoms with Gasteiger partial charge in [0.1, 0.15) is 5.82 Å². The van der Waals surface area contributed by atoms with E-state index in [-0.39, 0.29) is 29.8 Å². The molecule has 11 heteroatoms. The summed E-state index contributed by atoms with van der Waals surface area (Å²) in [6, 6.07) is 14.8. The fourth-order valence-electron chi connectivity index (χ4n) is 3.36. The average molecular weight is 493 g/mol. The largest absolute Gasteiger partial charge is 0.300 e. The van der Waals surface area contributed by atoms with Gasteiger partial charge in [0.05, 0.1) is 4.90 Å². The van der Waals surface area contributed by atoms with E-state index < -0.39 is 15.8 Å². The van der Waals surface area contributed by atoms with Crippen molar-refractivity contribution in [2.45, 2.75) is 27.8 Å². The summed E-state index contributed by atoms with van der Waals surface area (Å²) in [5, 5.41) is 11.4. The molecule has 1 amide bonds. The van der Waals surface area contributed by atoms with Gasteiger partial charge in [0.25, 0.3) is 0 Å². The van der Waals surface area contributed by atoms with Crippen molar-refractivity contribution >= 4 is 44.2 Å². The Morgan fingerprint density at radius 2 is 1.78 bits per heavy atom. The molecule has 0 atom stereocenters.